The minimum atomic E-state index is -0.0175. The second kappa shape index (κ2) is 9.22. The molecule has 132 valence electrons. The van der Waals surface area contributed by atoms with Crippen molar-refractivity contribution in [2.75, 3.05) is 45.8 Å². The Balaban J connectivity index is 1.78. The van der Waals surface area contributed by atoms with Crippen LogP contribution in [-0.2, 0) is 9.59 Å². The maximum Gasteiger partial charge on any atom is 0.246 e. The van der Waals surface area contributed by atoms with Gasteiger partial charge < -0.3 is 14.2 Å². The highest BCUT2D eigenvalue weighted by Gasteiger charge is 2.22. The lowest BCUT2D eigenvalue weighted by Crippen LogP contribution is -2.51. The Hall–Kier alpha value is -1.35. The monoisotopic (exact) mass is 445 g/mol. The zero-order chi connectivity index (χ0) is 17.5. The number of hydrogen-bond donors (Lipinski definition) is 0. The molecule has 0 atom stereocenters. The van der Waals surface area contributed by atoms with Crippen LogP contribution < -0.4 is 0 Å². The van der Waals surface area contributed by atoms with Gasteiger partial charge in [-0.05, 0) is 54.6 Å². The average Bonchev–Trinajstić information content (AvgIpc) is 3.00. The highest BCUT2D eigenvalue weighted by Crippen LogP contribution is 2.12. The Kier molecular flexibility index (Phi) is 7.29. The van der Waals surface area contributed by atoms with Gasteiger partial charge in [0.2, 0.25) is 11.8 Å². The van der Waals surface area contributed by atoms with Gasteiger partial charge in [-0.25, -0.2) is 0 Å². The standard InChI is InChI=1S/C17H24IN3O3/c1-3-20(4-2)17(23)13-19-9-11-21(12-10-19)16(22)8-6-14-5-7-15(18)24-14/h5-8H,3-4,9-13H2,1-2H3/b8-6+. The molecule has 0 aliphatic carbocycles. The lowest BCUT2D eigenvalue weighted by Gasteiger charge is -2.34. The molecule has 0 N–H and O–H groups in total. The summed E-state index contributed by atoms with van der Waals surface area (Å²) in [4.78, 5) is 30.1. The number of furan rings is 1. The predicted molar refractivity (Wildman–Crippen MR) is 101 cm³/mol. The molecule has 0 saturated carbocycles. The summed E-state index contributed by atoms with van der Waals surface area (Å²) in [5, 5.41) is 0. The molecule has 0 aromatic carbocycles. The van der Waals surface area contributed by atoms with Crippen molar-refractivity contribution in [3.63, 3.8) is 0 Å². The van der Waals surface area contributed by atoms with E-state index >= 15 is 0 Å². The third kappa shape index (κ3) is 5.34. The maximum atomic E-state index is 12.2. The van der Waals surface area contributed by atoms with Crippen LogP contribution >= 0.6 is 22.6 Å². The highest BCUT2D eigenvalue weighted by molar-refractivity contribution is 14.1. The topological polar surface area (TPSA) is 57.0 Å². The zero-order valence-electron chi connectivity index (χ0n) is 14.2. The second-order valence-electron chi connectivity index (χ2n) is 5.64. The van der Waals surface area contributed by atoms with Crippen LogP contribution in [0.1, 0.15) is 19.6 Å². The molecule has 2 rings (SSSR count). The summed E-state index contributed by atoms with van der Waals surface area (Å²) in [6, 6.07) is 3.69. The summed E-state index contributed by atoms with van der Waals surface area (Å²) in [5.41, 5.74) is 0. The summed E-state index contributed by atoms with van der Waals surface area (Å²) in [6.45, 7) is 8.64. The van der Waals surface area contributed by atoms with Gasteiger partial charge in [-0.3, -0.25) is 14.5 Å². The first-order valence-corrected chi connectivity index (χ1v) is 9.33. The zero-order valence-corrected chi connectivity index (χ0v) is 16.4. The Morgan fingerprint density at radius 3 is 2.42 bits per heavy atom. The summed E-state index contributed by atoms with van der Waals surface area (Å²) in [6.07, 6.45) is 3.24. The van der Waals surface area contributed by atoms with Crippen molar-refractivity contribution in [1.82, 2.24) is 14.7 Å². The van der Waals surface area contributed by atoms with Crippen LogP contribution in [0.25, 0.3) is 6.08 Å². The van der Waals surface area contributed by atoms with Gasteiger partial charge in [-0.2, -0.15) is 0 Å². The number of hydrogen-bond acceptors (Lipinski definition) is 4. The quantitative estimate of drug-likeness (QED) is 0.496. The smallest absolute Gasteiger partial charge is 0.246 e. The number of rotatable bonds is 6. The number of likely N-dealkylation sites (N-methyl/N-ethyl adjacent to an activating group) is 1. The van der Waals surface area contributed by atoms with Crippen LogP contribution in [0.4, 0.5) is 0 Å². The fourth-order valence-electron chi connectivity index (χ4n) is 2.67. The minimum absolute atomic E-state index is 0.0175. The average molecular weight is 445 g/mol. The Bertz CT molecular complexity index is 588. The van der Waals surface area contributed by atoms with Crippen molar-refractivity contribution in [2.24, 2.45) is 0 Å². The van der Waals surface area contributed by atoms with E-state index in [2.05, 4.69) is 27.5 Å². The Morgan fingerprint density at radius 1 is 1.21 bits per heavy atom. The number of amides is 2. The van der Waals surface area contributed by atoms with Gasteiger partial charge in [0.1, 0.15) is 5.76 Å². The molecular formula is C17H24IN3O3. The van der Waals surface area contributed by atoms with Gasteiger partial charge in [-0.15, -0.1) is 0 Å². The van der Waals surface area contributed by atoms with Crippen LogP contribution in [0.3, 0.4) is 0 Å². The van der Waals surface area contributed by atoms with E-state index in [4.69, 9.17) is 4.42 Å². The van der Waals surface area contributed by atoms with Crippen molar-refractivity contribution >= 4 is 40.5 Å². The lowest BCUT2D eigenvalue weighted by atomic mass is 10.3. The third-order valence-electron chi connectivity index (χ3n) is 4.14. The van der Waals surface area contributed by atoms with Gasteiger partial charge in [0.25, 0.3) is 0 Å². The number of nitrogens with zero attached hydrogens (tertiary/aromatic N) is 3. The summed E-state index contributed by atoms with van der Waals surface area (Å²) in [5.74, 6) is 0.819. The number of carbonyl (C=O) groups excluding carboxylic acids is 2. The fourth-order valence-corrected chi connectivity index (χ4v) is 3.10. The molecule has 0 spiro atoms. The van der Waals surface area contributed by atoms with Crippen LogP contribution in [0.15, 0.2) is 22.6 Å². The first-order chi connectivity index (χ1) is 11.5. The van der Waals surface area contributed by atoms with E-state index in [1.807, 2.05) is 35.8 Å². The molecule has 1 saturated heterocycles. The molecule has 7 heteroatoms. The van der Waals surface area contributed by atoms with Crippen LogP contribution in [0.2, 0.25) is 0 Å². The summed E-state index contributed by atoms with van der Waals surface area (Å²) in [7, 11) is 0. The molecule has 2 heterocycles. The van der Waals surface area contributed by atoms with E-state index in [0.29, 0.717) is 25.4 Å². The number of piperazine rings is 1. The van der Waals surface area contributed by atoms with E-state index in [-0.39, 0.29) is 11.8 Å². The molecule has 2 amide bonds. The molecular weight excluding hydrogens is 421 g/mol. The molecule has 1 aliphatic rings. The normalized spacial score (nSPS) is 15.9. The molecule has 1 aliphatic heterocycles. The van der Waals surface area contributed by atoms with Crippen LogP contribution in [0, 0.1) is 3.77 Å². The number of carbonyl (C=O) groups is 2. The minimum Gasteiger partial charge on any atom is -0.451 e. The Labute approximate surface area is 156 Å². The van der Waals surface area contributed by atoms with Gasteiger partial charge in [0.05, 0.1) is 6.54 Å². The molecule has 1 fully saturated rings. The fraction of sp³-hybridized carbons (Fsp3) is 0.529. The Morgan fingerprint density at radius 2 is 1.88 bits per heavy atom. The van der Waals surface area contributed by atoms with Crippen molar-refractivity contribution in [1.29, 1.82) is 0 Å². The summed E-state index contributed by atoms with van der Waals surface area (Å²) < 4.78 is 6.20. The number of halogens is 1. The van der Waals surface area contributed by atoms with Gasteiger partial charge >= 0.3 is 0 Å². The maximum absolute atomic E-state index is 12.2. The molecule has 6 nitrogen and oxygen atoms in total. The van der Waals surface area contributed by atoms with E-state index in [0.717, 1.165) is 29.9 Å². The van der Waals surface area contributed by atoms with E-state index in [1.165, 1.54) is 0 Å². The first kappa shape index (κ1) is 19.0. The van der Waals surface area contributed by atoms with Gasteiger partial charge in [0.15, 0.2) is 3.77 Å². The SMILES string of the molecule is CCN(CC)C(=O)CN1CCN(C(=O)/C=C/c2ccc(I)o2)CC1. The van der Waals surface area contributed by atoms with E-state index in [1.54, 1.807) is 12.2 Å². The summed E-state index contributed by atoms with van der Waals surface area (Å²) >= 11 is 2.09. The van der Waals surface area contributed by atoms with Gasteiger partial charge in [0, 0.05) is 45.3 Å². The molecule has 0 bridgehead atoms. The lowest BCUT2D eigenvalue weighted by molar-refractivity contribution is -0.133. The molecule has 1 aromatic rings. The largest absolute Gasteiger partial charge is 0.451 e. The first-order valence-electron chi connectivity index (χ1n) is 8.26. The van der Waals surface area contributed by atoms with Crippen LogP contribution in [-0.4, -0.2) is 72.3 Å². The molecule has 0 unspecified atom stereocenters. The predicted octanol–water partition coefficient (Wildman–Crippen LogP) is 1.91. The highest BCUT2D eigenvalue weighted by atomic mass is 127. The molecule has 24 heavy (non-hydrogen) atoms. The van der Waals surface area contributed by atoms with Crippen LogP contribution in [0.5, 0.6) is 0 Å². The van der Waals surface area contributed by atoms with Gasteiger partial charge in [-0.1, -0.05) is 0 Å². The van der Waals surface area contributed by atoms with E-state index in [9.17, 15) is 9.59 Å². The van der Waals surface area contributed by atoms with E-state index < -0.39 is 0 Å². The molecule has 0 radical (unpaired) electrons. The van der Waals surface area contributed by atoms with Crippen molar-refractivity contribution in [3.8, 4) is 0 Å². The van der Waals surface area contributed by atoms with Crippen molar-refractivity contribution in [2.45, 2.75) is 13.8 Å². The third-order valence-corrected chi connectivity index (χ3v) is 4.72. The van der Waals surface area contributed by atoms with Crippen molar-refractivity contribution in [3.05, 3.63) is 27.7 Å². The second-order valence-corrected chi connectivity index (χ2v) is 6.71. The van der Waals surface area contributed by atoms with Crippen molar-refractivity contribution < 1.29 is 14.0 Å². The molecule has 1 aromatic heterocycles.